The third-order valence-corrected chi connectivity index (χ3v) is 5.99. The van der Waals surface area contributed by atoms with Gasteiger partial charge < -0.3 is 9.73 Å². The number of benzene rings is 2. The average Bonchev–Trinajstić information content (AvgIpc) is 3.22. The first-order chi connectivity index (χ1) is 14.6. The molecule has 1 atom stereocenters. The van der Waals surface area contributed by atoms with Crippen LogP contribution in [0.4, 0.5) is 10.1 Å². The summed E-state index contributed by atoms with van der Waals surface area (Å²) in [7, 11) is -2.22. The zero-order valence-electron chi connectivity index (χ0n) is 17.1. The first-order valence-electron chi connectivity index (χ1n) is 9.29. The van der Waals surface area contributed by atoms with Crippen LogP contribution in [0.2, 0.25) is 0 Å². The van der Waals surface area contributed by atoms with Gasteiger partial charge in [-0.1, -0.05) is 12.1 Å². The van der Waals surface area contributed by atoms with Crippen LogP contribution in [-0.4, -0.2) is 33.9 Å². The lowest BCUT2D eigenvalue weighted by molar-refractivity contribution is 0.0939. The molecule has 1 aromatic heterocycles. The number of nitrogens with zero attached hydrogens (tertiary/aromatic N) is 1. The van der Waals surface area contributed by atoms with Crippen molar-refractivity contribution in [3.05, 3.63) is 77.3 Å². The molecule has 0 fully saturated rings. The minimum atomic E-state index is -3.59. The lowest BCUT2D eigenvalue weighted by atomic mass is 10.0. The number of aldehydes is 1. The molecule has 0 spiro atoms. The van der Waals surface area contributed by atoms with Crippen molar-refractivity contribution in [1.82, 2.24) is 5.32 Å². The van der Waals surface area contributed by atoms with E-state index in [2.05, 4.69) is 5.32 Å². The molecule has 1 heterocycles. The van der Waals surface area contributed by atoms with E-state index in [0.717, 1.165) is 10.6 Å². The van der Waals surface area contributed by atoms with Gasteiger partial charge in [-0.05, 0) is 55.0 Å². The monoisotopic (exact) mass is 444 g/mol. The number of hydrogen-bond acceptors (Lipinski definition) is 5. The van der Waals surface area contributed by atoms with Crippen molar-refractivity contribution in [1.29, 1.82) is 0 Å². The Balaban J connectivity index is 1.99. The van der Waals surface area contributed by atoms with Crippen LogP contribution in [0.15, 0.2) is 59.0 Å². The molecule has 31 heavy (non-hydrogen) atoms. The molecule has 2 aromatic carbocycles. The molecule has 0 aliphatic heterocycles. The minimum Gasteiger partial charge on any atom is -0.453 e. The quantitative estimate of drug-likeness (QED) is 0.560. The molecule has 0 bridgehead atoms. The molecule has 0 aliphatic rings. The van der Waals surface area contributed by atoms with E-state index in [0.29, 0.717) is 23.2 Å². The number of rotatable bonds is 7. The van der Waals surface area contributed by atoms with Gasteiger partial charge in [0.25, 0.3) is 5.91 Å². The van der Waals surface area contributed by atoms with E-state index < -0.39 is 22.0 Å². The zero-order chi connectivity index (χ0) is 22.8. The highest BCUT2D eigenvalue weighted by atomic mass is 32.2. The maximum atomic E-state index is 13.2. The predicted molar refractivity (Wildman–Crippen MR) is 115 cm³/mol. The lowest BCUT2D eigenvalue weighted by Crippen LogP contribution is -2.28. The molecule has 3 rings (SSSR count). The van der Waals surface area contributed by atoms with Gasteiger partial charge in [0.05, 0.1) is 18.0 Å². The number of amides is 1. The molecule has 0 saturated carbocycles. The van der Waals surface area contributed by atoms with E-state index in [1.54, 1.807) is 37.3 Å². The fourth-order valence-electron chi connectivity index (χ4n) is 2.94. The average molecular weight is 444 g/mol. The highest BCUT2D eigenvalue weighted by Crippen LogP contribution is 2.29. The first kappa shape index (κ1) is 22.2. The Hall–Kier alpha value is -3.46. The van der Waals surface area contributed by atoms with Crippen LogP contribution >= 0.6 is 0 Å². The number of halogens is 1. The van der Waals surface area contributed by atoms with Gasteiger partial charge in [0, 0.05) is 18.2 Å². The van der Waals surface area contributed by atoms with Crippen LogP contribution < -0.4 is 9.62 Å². The van der Waals surface area contributed by atoms with Crippen LogP contribution in [-0.2, 0) is 10.0 Å². The molecule has 7 nitrogen and oxygen atoms in total. The standard InChI is InChI=1S/C22H21FN2O5S/c1-14(15-4-6-18(23)7-5-15)24-22(27)17-10-16(21-9-8-20(13-26)30-21)11-19(12-17)25(2)31(3,28)29/h4-14H,1-3H3,(H,24,27). The Morgan fingerprint density at radius 2 is 1.81 bits per heavy atom. The Morgan fingerprint density at radius 1 is 1.13 bits per heavy atom. The summed E-state index contributed by atoms with van der Waals surface area (Å²) in [5, 5.41) is 2.82. The van der Waals surface area contributed by atoms with Crippen LogP contribution in [0.1, 0.15) is 39.4 Å². The normalized spacial score (nSPS) is 12.3. The molecule has 1 amide bonds. The summed E-state index contributed by atoms with van der Waals surface area (Å²) in [5.74, 6) is -0.417. The number of carbonyl (C=O) groups excluding carboxylic acids is 2. The van der Waals surface area contributed by atoms with Crippen molar-refractivity contribution in [3.63, 3.8) is 0 Å². The Labute approximate surface area is 179 Å². The number of anilines is 1. The Bertz CT molecular complexity index is 1220. The number of sulfonamides is 1. The smallest absolute Gasteiger partial charge is 0.251 e. The number of hydrogen-bond donors (Lipinski definition) is 1. The van der Waals surface area contributed by atoms with E-state index in [1.165, 1.54) is 31.3 Å². The minimum absolute atomic E-state index is 0.104. The molecule has 1 unspecified atom stereocenters. The van der Waals surface area contributed by atoms with Crippen LogP contribution in [0.25, 0.3) is 11.3 Å². The number of furan rings is 1. The third-order valence-electron chi connectivity index (χ3n) is 4.79. The van der Waals surface area contributed by atoms with Gasteiger partial charge in [-0.2, -0.15) is 0 Å². The molecule has 9 heteroatoms. The van der Waals surface area contributed by atoms with Gasteiger partial charge in [-0.3, -0.25) is 13.9 Å². The summed E-state index contributed by atoms with van der Waals surface area (Å²) in [5.41, 5.74) is 1.59. The van der Waals surface area contributed by atoms with E-state index in [-0.39, 0.29) is 22.8 Å². The Morgan fingerprint density at radius 3 is 2.39 bits per heavy atom. The predicted octanol–water partition coefficient (Wildman–Crippen LogP) is 3.79. The highest BCUT2D eigenvalue weighted by molar-refractivity contribution is 7.92. The van der Waals surface area contributed by atoms with Gasteiger partial charge in [-0.25, -0.2) is 12.8 Å². The van der Waals surface area contributed by atoms with Crippen molar-refractivity contribution in [2.75, 3.05) is 17.6 Å². The summed E-state index contributed by atoms with van der Waals surface area (Å²) in [6, 6.07) is 12.9. The summed E-state index contributed by atoms with van der Waals surface area (Å²) in [6.45, 7) is 1.75. The SMILES string of the molecule is CC(NC(=O)c1cc(-c2ccc(C=O)o2)cc(N(C)S(C)(=O)=O)c1)c1ccc(F)cc1. The second-order valence-corrected chi connectivity index (χ2v) is 9.08. The number of nitrogens with one attached hydrogen (secondary N) is 1. The third kappa shape index (κ3) is 5.18. The largest absolute Gasteiger partial charge is 0.453 e. The fourth-order valence-corrected chi connectivity index (χ4v) is 3.43. The van der Waals surface area contributed by atoms with Crippen molar-refractivity contribution >= 4 is 27.9 Å². The summed E-state index contributed by atoms with van der Waals surface area (Å²) in [4.78, 5) is 23.9. The number of carbonyl (C=O) groups is 2. The van der Waals surface area contributed by atoms with Crippen LogP contribution in [0.3, 0.4) is 0 Å². The first-order valence-corrected chi connectivity index (χ1v) is 11.1. The van der Waals surface area contributed by atoms with Gasteiger partial charge in [0.2, 0.25) is 10.0 Å². The molecule has 0 radical (unpaired) electrons. The summed E-state index contributed by atoms with van der Waals surface area (Å²) < 4.78 is 43.7. The van der Waals surface area contributed by atoms with E-state index in [9.17, 15) is 22.4 Å². The van der Waals surface area contributed by atoms with Crippen LogP contribution in [0.5, 0.6) is 0 Å². The van der Waals surface area contributed by atoms with E-state index in [1.807, 2.05) is 0 Å². The molecule has 3 aromatic rings. The molecule has 0 aliphatic carbocycles. The van der Waals surface area contributed by atoms with Gasteiger partial charge in [0.1, 0.15) is 11.6 Å². The van der Waals surface area contributed by atoms with Crippen LogP contribution in [0, 0.1) is 5.82 Å². The summed E-state index contributed by atoms with van der Waals surface area (Å²) >= 11 is 0. The maximum Gasteiger partial charge on any atom is 0.251 e. The zero-order valence-corrected chi connectivity index (χ0v) is 17.9. The highest BCUT2D eigenvalue weighted by Gasteiger charge is 2.19. The fraction of sp³-hybridized carbons (Fsp3) is 0.182. The van der Waals surface area contributed by atoms with E-state index in [4.69, 9.17) is 4.42 Å². The van der Waals surface area contributed by atoms with E-state index >= 15 is 0 Å². The topological polar surface area (TPSA) is 96.7 Å². The van der Waals surface area contributed by atoms with Gasteiger partial charge in [0.15, 0.2) is 12.0 Å². The molecule has 1 N–H and O–H groups in total. The van der Waals surface area contributed by atoms with Crippen molar-refractivity contribution in [3.8, 4) is 11.3 Å². The van der Waals surface area contributed by atoms with Crippen molar-refractivity contribution in [2.24, 2.45) is 0 Å². The van der Waals surface area contributed by atoms with Crippen molar-refractivity contribution in [2.45, 2.75) is 13.0 Å². The molecule has 162 valence electrons. The van der Waals surface area contributed by atoms with Gasteiger partial charge >= 0.3 is 0 Å². The molecular weight excluding hydrogens is 423 g/mol. The maximum absolute atomic E-state index is 13.2. The molecule has 0 saturated heterocycles. The van der Waals surface area contributed by atoms with Crippen molar-refractivity contribution < 1.29 is 26.8 Å². The lowest BCUT2D eigenvalue weighted by Gasteiger charge is -2.19. The Kier molecular flexibility index (Phi) is 6.26. The molecular formula is C22H21FN2O5S. The van der Waals surface area contributed by atoms with Gasteiger partial charge in [-0.15, -0.1) is 0 Å². The second-order valence-electron chi connectivity index (χ2n) is 7.07. The second kappa shape index (κ2) is 8.73. The summed E-state index contributed by atoms with van der Waals surface area (Å²) in [6.07, 6.45) is 1.60.